The van der Waals surface area contributed by atoms with Gasteiger partial charge in [0.05, 0.1) is 34.4 Å². The quantitative estimate of drug-likeness (QED) is 0.555. The molecule has 4 atom stereocenters. The van der Waals surface area contributed by atoms with Crippen molar-refractivity contribution in [1.29, 1.82) is 0 Å². The summed E-state index contributed by atoms with van der Waals surface area (Å²) < 4.78 is 48.6. The summed E-state index contributed by atoms with van der Waals surface area (Å²) in [5, 5.41) is 11.9. The van der Waals surface area contributed by atoms with E-state index in [4.69, 9.17) is 4.74 Å². The summed E-state index contributed by atoms with van der Waals surface area (Å²) in [6.07, 6.45) is 5.63. The zero-order chi connectivity index (χ0) is 28.8. The van der Waals surface area contributed by atoms with Crippen LogP contribution < -0.4 is 5.32 Å². The van der Waals surface area contributed by atoms with Crippen molar-refractivity contribution in [3.8, 4) is 11.1 Å². The maximum absolute atomic E-state index is 15.0. The molecule has 4 unspecified atom stereocenters. The zero-order valence-corrected chi connectivity index (χ0v) is 21.1. The summed E-state index contributed by atoms with van der Waals surface area (Å²) in [7, 11) is 0. The van der Waals surface area contributed by atoms with Gasteiger partial charge in [-0.05, 0) is 73.5 Å². The van der Waals surface area contributed by atoms with Crippen LogP contribution in [0.3, 0.4) is 0 Å². The number of carbonyl (C=O) groups is 4. The number of rotatable bonds is 4. The van der Waals surface area contributed by atoms with E-state index < -0.39 is 53.0 Å². The minimum atomic E-state index is -3.87. The molecule has 11 heteroatoms. The highest BCUT2D eigenvalue weighted by molar-refractivity contribution is 6.23. The molecule has 0 bridgehead atoms. The van der Waals surface area contributed by atoms with Gasteiger partial charge >= 0.3 is 0 Å². The molecule has 204 valence electrons. The molecule has 0 radical (unpaired) electrons. The third-order valence-corrected chi connectivity index (χ3v) is 7.62. The van der Waals surface area contributed by atoms with Crippen LogP contribution in [-0.4, -0.2) is 56.6 Å². The summed E-state index contributed by atoms with van der Waals surface area (Å²) in [6.45, 7) is 2.08. The molecule has 8 nitrogen and oxygen atoms in total. The Balaban J connectivity index is 1.26. The highest BCUT2D eigenvalue weighted by atomic mass is 19.2. The van der Waals surface area contributed by atoms with E-state index in [-0.39, 0.29) is 28.0 Å². The van der Waals surface area contributed by atoms with E-state index in [1.807, 2.05) is 0 Å². The lowest BCUT2D eigenvalue weighted by Crippen LogP contribution is -2.74. The van der Waals surface area contributed by atoms with E-state index in [9.17, 15) is 33.1 Å². The van der Waals surface area contributed by atoms with E-state index in [0.717, 1.165) is 11.8 Å². The molecule has 2 aliphatic heterocycles. The maximum Gasteiger partial charge on any atom is 0.300 e. The molecule has 2 heterocycles. The van der Waals surface area contributed by atoms with Crippen LogP contribution in [0.5, 0.6) is 0 Å². The van der Waals surface area contributed by atoms with Gasteiger partial charge in [-0.3, -0.25) is 24.5 Å². The molecule has 2 aliphatic carbocycles. The van der Waals surface area contributed by atoms with Crippen molar-refractivity contribution in [2.75, 3.05) is 0 Å². The monoisotopic (exact) mass is 550 g/mol. The zero-order valence-electron chi connectivity index (χ0n) is 21.1. The Morgan fingerprint density at radius 2 is 1.45 bits per heavy atom. The molecule has 1 saturated carbocycles. The molecule has 2 aromatic rings. The minimum Gasteiger partial charge on any atom is -0.355 e. The third-order valence-electron chi connectivity index (χ3n) is 7.62. The van der Waals surface area contributed by atoms with Crippen molar-refractivity contribution in [3.05, 3.63) is 94.7 Å². The Labute approximate surface area is 225 Å². The smallest absolute Gasteiger partial charge is 0.300 e. The largest absolute Gasteiger partial charge is 0.355 e. The molecule has 2 N–H and O–H groups in total. The first kappa shape index (κ1) is 25.9. The number of fused-ring (bicyclic) bond motifs is 2. The number of amides is 4. The first-order valence-corrected chi connectivity index (χ1v) is 12.3. The molecular weight excluding hydrogens is 529 g/mol. The molecule has 0 saturated heterocycles. The highest BCUT2D eigenvalue weighted by Gasteiger charge is 2.78. The van der Waals surface area contributed by atoms with Crippen molar-refractivity contribution in [1.82, 2.24) is 10.2 Å². The fraction of sp³-hybridized carbons (Fsp3) is 0.241. The third kappa shape index (κ3) is 3.54. The second-order valence-corrected chi connectivity index (χ2v) is 10.5. The van der Waals surface area contributed by atoms with E-state index >= 15 is 4.39 Å². The lowest BCUT2D eigenvalue weighted by atomic mass is 9.72. The van der Waals surface area contributed by atoms with E-state index in [1.165, 1.54) is 61.6 Å². The number of carbonyl (C=O) groups excluding carboxylic acids is 4. The highest BCUT2D eigenvalue weighted by Crippen LogP contribution is 2.58. The average molecular weight is 550 g/mol. The van der Waals surface area contributed by atoms with Crippen LogP contribution in [0.2, 0.25) is 0 Å². The standard InChI is InChI=1S/C29H21F3N2O6/c1-26(40-28(31)14-27(2,30)29(28,32)39)10-3-4-17(9-11-26)34-24(37)19-8-6-16(13-21(19)25(34)38)15-5-7-18-20(12-15)23(36)33-22(18)35/h3-13,39H,14H2,1-2H3,(H,33,35,36). The average Bonchev–Trinajstić information content (AvgIpc) is 3.21. The van der Waals surface area contributed by atoms with Crippen LogP contribution in [0.25, 0.3) is 11.1 Å². The van der Waals surface area contributed by atoms with Gasteiger partial charge in [-0.15, -0.1) is 0 Å². The van der Waals surface area contributed by atoms with Crippen molar-refractivity contribution in [2.24, 2.45) is 0 Å². The van der Waals surface area contributed by atoms with Crippen LogP contribution in [0.4, 0.5) is 13.2 Å². The predicted octanol–water partition coefficient (Wildman–Crippen LogP) is 4.07. The lowest BCUT2D eigenvalue weighted by Gasteiger charge is -2.54. The van der Waals surface area contributed by atoms with Crippen LogP contribution in [0.15, 0.2) is 72.5 Å². The van der Waals surface area contributed by atoms with Gasteiger partial charge in [0.15, 0.2) is 5.67 Å². The normalized spacial score (nSPS) is 32.5. The summed E-state index contributed by atoms with van der Waals surface area (Å²) >= 11 is 0. The molecule has 0 aromatic heterocycles. The van der Waals surface area contributed by atoms with Gasteiger partial charge in [-0.2, -0.15) is 0 Å². The van der Waals surface area contributed by atoms with Gasteiger partial charge in [-0.1, -0.05) is 18.2 Å². The van der Waals surface area contributed by atoms with Gasteiger partial charge in [0.1, 0.15) is 5.60 Å². The van der Waals surface area contributed by atoms with Crippen molar-refractivity contribution in [3.63, 3.8) is 0 Å². The van der Waals surface area contributed by atoms with Crippen molar-refractivity contribution >= 4 is 23.6 Å². The van der Waals surface area contributed by atoms with E-state index in [2.05, 4.69) is 5.32 Å². The first-order chi connectivity index (χ1) is 18.7. The fourth-order valence-corrected chi connectivity index (χ4v) is 5.32. The van der Waals surface area contributed by atoms with Gasteiger partial charge in [0, 0.05) is 0 Å². The Kier molecular flexibility index (Phi) is 5.24. The Morgan fingerprint density at radius 3 is 2.10 bits per heavy atom. The van der Waals surface area contributed by atoms with Crippen molar-refractivity contribution in [2.45, 2.75) is 43.2 Å². The summed E-state index contributed by atoms with van der Waals surface area (Å²) in [5.41, 5.74) is -2.60. The summed E-state index contributed by atoms with van der Waals surface area (Å²) in [6, 6.07) is 9.27. The Morgan fingerprint density at radius 1 is 0.850 bits per heavy atom. The second-order valence-electron chi connectivity index (χ2n) is 10.5. The fourth-order valence-electron chi connectivity index (χ4n) is 5.32. The number of benzene rings is 2. The SMILES string of the molecule is CC1(OC2(F)CC(C)(F)C2(O)F)C=CC=C(N2C(=O)c3ccc(-c4ccc5c(c4)C(=O)NC5=O)cc3C2=O)C=C1. The predicted molar refractivity (Wildman–Crippen MR) is 134 cm³/mol. The number of imide groups is 2. The molecule has 6 rings (SSSR count). The lowest BCUT2D eigenvalue weighted by molar-refractivity contribution is -0.433. The van der Waals surface area contributed by atoms with Gasteiger partial charge < -0.3 is 9.84 Å². The van der Waals surface area contributed by atoms with E-state index in [1.54, 1.807) is 12.1 Å². The molecule has 2 aromatic carbocycles. The number of halogens is 3. The number of hydrogen-bond donors (Lipinski definition) is 2. The number of ether oxygens (including phenoxy) is 1. The van der Waals surface area contributed by atoms with Crippen LogP contribution >= 0.6 is 0 Å². The summed E-state index contributed by atoms with van der Waals surface area (Å²) in [4.78, 5) is 51.4. The molecule has 40 heavy (non-hydrogen) atoms. The molecule has 4 aliphatic rings. The number of alkyl halides is 3. The summed E-state index contributed by atoms with van der Waals surface area (Å²) in [5.74, 6) is -9.47. The van der Waals surface area contributed by atoms with Gasteiger partial charge in [0.25, 0.3) is 35.3 Å². The number of hydrogen-bond acceptors (Lipinski definition) is 6. The van der Waals surface area contributed by atoms with Gasteiger partial charge in [0.2, 0.25) is 0 Å². The topological polar surface area (TPSA) is 113 Å². The van der Waals surface area contributed by atoms with Crippen LogP contribution in [-0.2, 0) is 4.74 Å². The Bertz CT molecular complexity index is 1660. The van der Waals surface area contributed by atoms with Crippen LogP contribution in [0.1, 0.15) is 61.7 Å². The Hall–Kier alpha value is -4.35. The second kappa shape index (κ2) is 8.09. The maximum atomic E-state index is 15.0. The van der Waals surface area contributed by atoms with Gasteiger partial charge in [-0.25, -0.2) is 18.1 Å². The van der Waals surface area contributed by atoms with E-state index in [0.29, 0.717) is 11.1 Å². The number of nitrogens with zero attached hydrogens (tertiary/aromatic N) is 1. The van der Waals surface area contributed by atoms with Crippen LogP contribution in [0, 0.1) is 0 Å². The molecule has 4 amide bonds. The molecular formula is C29H21F3N2O6. The minimum absolute atomic E-state index is 0.104. The number of allylic oxidation sites excluding steroid dienone is 3. The number of nitrogens with one attached hydrogen (secondary N) is 1. The molecule has 0 spiro atoms. The number of aliphatic hydroxyl groups is 1. The first-order valence-electron chi connectivity index (χ1n) is 12.3. The molecule has 1 fully saturated rings. The van der Waals surface area contributed by atoms with Crippen molar-refractivity contribution < 1.29 is 42.2 Å².